The van der Waals surface area contributed by atoms with Crippen molar-refractivity contribution in [2.24, 2.45) is 17.4 Å². The smallest absolute Gasteiger partial charge is 0.326 e. The van der Waals surface area contributed by atoms with Crippen molar-refractivity contribution in [2.45, 2.75) is 63.7 Å². The van der Waals surface area contributed by atoms with Gasteiger partial charge in [0.2, 0.25) is 17.7 Å². The summed E-state index contributed by atoms with van der Waals surface area (Å²) in [5.41, 5.74) is 12.3. The van der Waals surface area contributed by atoms with Crippen molar-refractivity contribution >= 4 is 36.3 Å². The molecule has 1 aromatic carbocycles. The average molecular weight is 496 g/mol. The monoisotopic (exact) mass is 495 g/mol. The van der Waals surface area contributed by atoms with Crippen molar-refractivity contribution in [2.75, 3.05) is 12.3 Å². The van der Waals surface area contributed by atoms with Crippen LogP contribution >= 0.6 is 12.6 Å². The Bertz CT molecular complexity index is 808. The van der Waals surface area contributed by atoms with Gasteiger partial charge in [0.05, 0.1) is 6.04 Å². The quantitative estimate of drug-likeness (QED) is 0.130. The van der Waals surface area contributed by atoms with Crippen LogP contribution in [0, 0.1) is 5.92 Å². The number of aliphatic carboxylic acids is 1. The Labute approximate surface area is 206 Å². The van der Waals surface area contributed by atoms with Gasteiger partial charge in [-0.05, 0) is 30.9 Å². The molecule has 0 fully saturated rings. The van der Waals surface area contributed by atoms with E-state index in [1.54, 1.807) is 13.8 Å². The molecule has 0 radical (unpaired) electrons. The fourth-order valence-electron chi connectivity index (χ4n) is 3.21. The molecule has 0 aliphatic rings. The highest BCUT2D eigenvalue weighted by Crippen LogP contribution is 2.07. The molecule has 11 heteroatoms. The van der Waals surface area contributed by atoms with E-state index in [-0.39, 0.29) is 18.1 Å². The molecule has 1 rings (SSSR count). The molecule has 8 N–H and O–H groups in total. The zero-order chi connectivity index (χ0) is 25.7. The molecule has 10 nitrogen and oxygen atoms in total. The van der Waals surface area contributed by atoms with Crippen LogP contribution in [0.5, 0.6) is 0 Å². The van der Waals surface area contributed by atoms with Crippen molar-refractivity contribution in [3.63, 3.8) is 0 Å². The van der Waals surface area contributed by atoms with Gasteiger partial charge in [-0.2, -0.15) is 12.6 Å². The number of carbonyl (C=O) groups is 4. The molecule has 4 unspecified atom stereocenters. The van der Waals surface area contributed by atoms with Crippen LogP contribution < -0.4 is 27.4 Å². The van der Waals surface area contributed by atoms with Crippen LogP contribution in [0.1, 0.15) is 38.7 Å². The van der Waals surface area contributed by atoms with Gasteiger partial charge < -0.3 is 32.5 Å². The summed E-state index contributed by atoms with van der Waals surface area (Å²) >= 11 is 4.13. The first-order valence-electron chi connectivity index (χ1n) is 11.3. The van der Waals surface area contributed by atoms with E-state index >= 15 is 0 Å². The molecule has 0 spiro atoms. The minimum Gasteiger partial charge on any atom is -0.480 e. The van der Waals surface area contributed by atoms with Crippen molar-refractivity contribution in [1.82, 2.24) is 16.0 Å². The molecule has 0 aliphatic carbocycles. The molecule has 0 saturated carbocycles. The normalized spacial score (nSPS) is 14.5. The summed E-state index contributed by atoms with van der Waals surface area (Å²) in [7, 11) is 0. The van der Waals surface area contributed by atoms with Crippen LogP contribution in [-0.4, -0.2) is 65.3 Å². The third-order valence-electron chi connectivity index (χ3n) is 5.27. The van der Waals surface area contributed by atoms with Gasteiger partial charge in [-0.3, -0.25) is 14.4 Å². The summed E-state index contributed by atoms with van der Waals surface area (Å²) < 4.78 is 0. The third-order valence-corrected chi connectivity index (χ3v) is 5.63. The SMILES string of the molecule is CC(C)C(NC(=O)C(CS)NC(=O)C(Cc1ccccc1)NC(=O)C(N)CCCCN)C(=O)O. The van der Waals surface area contributed by atoms with Crippen LogP contribution in [0.2, 0.25) is 0 Å². The fraction of sp³-hybridized carbons (Fsp3) is 0.565. The van der Waals surface area contributed by atoms with E-state index < -0.39 is 47.9 Å². The van der Waals surface area contributed by atoms with Crippen LogP contribution in [0.4, 0.5) is 0 Å². The Morgan fingerprint density at radius 2 is 1.53 bits per heavy atom. The van der Waals surface area contributed by atoms with Gasteiger partial charge in [0, 0.05) is 12.2 Å². The van der Waals surface area contributed by atoms with Gasteiger partial charge >= 0.3 is 5.97 Å². The standard InChI is InChI=1S/C23H37N5O5S/c1-14(2)19(23(32)33)28-22(31)18(13-34)27-21(30)17(12-15-8-4-3-5-9-15)26-20(29)16(25)10-6-7-11-24/h3-5,8-9,14,16-19,34H,6-7,10-13,24-25H2,1-2H3,(H,26,29)(H,27,30)(H,28,31)(H,32,33). The number of nitrogens with two attached hydrogens (primary N) is 2. The molecule has 0 heterocycles. The number of rotatable bonds is 15. The highest BCUT2D eigenvalue weighted by atomic mass is 32.1. The van der Waals surface area contributed by atoms with Crippen molar-refractivity contribution in [3.8, 4) is 0 Å². The van der Waals surface area contributed by atoms with Gasteiger partial charge in [-0.1, -0.05) is 50.6 Å². The Morgan fingerprint density at radius 3 is 2.06 bits per heavy atom. The summed E-state index contributed by atoms with van der Waals surface area (Å²) in [6, 6.07) is 5.09. The molecule has 0 aliphatic heterocycles. The summed E-state index contributed by atoms with van der Waals surface area (Å²) in [5.74, 6) is -3.35. The number of carbonyl (C=O) groups excluding carboxylic acids is 3. The first-order chi connectivity index (χ1) is 16.1. The third kappa shape index (κ3) is 10.1. The van der Waals surface area contributed by atoms with Crippen LogP contribution in [0.15, 0.2) is 30.3 Å². The van der Waals surface area contributed by atoms with Crippen LogP contribution in [-0.2, 0) is 25.6 Å². The van der Waals surface area contributed by atoms with E-state index in [0.717, 1.165) is 12.0 Å². The lowest BCUT2D eigenvalue weighted by atomic mass is 10.0. The van der Waals surface area contributed by atoms with E-state index in [4.69, 9.17) is 11.5 Å². The second kappa shape index (κ2) is 15.3. The predicted molar refractivity (Wildman–Crippen MR) is 133 cm³/mol. The van der Waals surface area contributed by atoms with Crippen molar-refractivity contribution in [1.29, 1.82) is 0 Å². The van der Waals surface area contributed by atoms with Crippen molar-refractivity contribution in [3.05, 3.63) is 35.9 Å². The van der Waals surface area contributed by atoms with Crippen LogP contribution in [0.3, 0.4) is 0 Å². The summed E-state index contributed by atoms with van der Waals surface area (Å²) in [6.07, 6.45) is 2.03. The lowest BCUT2D eigenvalue weighted by molar-refractivity contribution is -0.143. The highest BCUT2D eigenvalue weighted by molar-refractivity contribution is 7.80. The van der Waals surface area contributed by atoms with Gasteiger partial charge in [0.25, 0.3) is 0 Å². The summed E-state index contributed by atoms with van der Waals surface area (Å²) in [4.78, 5) is 49.7. The Morgan fingerprint density at radius 1 is 0.941 bits per heavy atom. The van der Waals surface area contributed by atoms with Crippen LogP contribution in [0.25, 0.3) is 0 Å². The summed E-state index contributed by atoms with van der Waals surface area (Å²) in [5, 5.41) is 17.0. The number of carboxylic acids is 1. The Balaban J connectivity index is 2.94. The molecule has 4 atom stereocenters. The minimum atomic E-state index is -1.18. The molecule has 0 aromatic heterocycles. The molecular formula is C23H37N5O5S. The number of unbranched alkanes of at least 4 members (excludes halogenated alkanes) is 1. The zero-order valence-corrected chi connectivity index (χ0v) is 20.6. The topological polar surface area (TPSA) is 177 Å². The molecular weight excluding hydrogens is 458 g/mol. The first-order valence-corrected chi connectivity index (χ1v) is 12.0. The Hall–Kier alpha value is -2.63. The molecule has 0 bridgehead atoms. The van der Waals surface area contributed by atoms with E-state index in [1.807, 2.05) is 30.3 Å². The number of thiol groups is 1. The van der Waals surface area contributed by atoms with E-state index in [9.17, 15) is 24.3 Å². The number of hydrogen-bond acceptors (Lipinski definition) is 7. The predicted octanol–water partition coefficient (Wildman–Crippen LogP) is -0.190. The van der Waals surface area contributed by atoms with Gasteiger partial charge in [0.15, 0.2) is 0 Å². The number of amides is 3. The first kappa shape index (κ1) is 29.4. The number of hydrogen-bond donors (Lipinski definition) is 7. The molecule has 34 heavy (non-hydrogen) atoms. The maximum Gasteiger partial charge on any atom is 0.326 e. The fourth-order valence-corrected chi connectivity index (χ4v) is 3.47. The van der Waals surface area contributed by atoms with Crippen molar-refractivity contribution < 1.29 is 24.3 Å². The van der Waals surface area contributed by atoms with Gasteiger partial charge in [0.1, 0.15) is 18.1 Å². The molecule has 3 amide bonds. The average Bonchev–Trinajstić information content (AvgIpc) is 2.80. The second-order valence-corrected chi connectivity index (χ2v) is 8.82. The minimum absolute atomic E-state index is 0.0629. The van der Waals surface area contributed by atoms with E-state index in [0.29, 0.717) is 19.4 Å². The van der Waals surface area contributed by atoms with E-state index in [1.165, 1.54) is 0 Å². The van der Waals surface area contributed by atoms with Gasteiger partial charge in [-0.15, -0.1) is 0 Å². The van der Waals surface area contributed by atoms with Gasteiger partial charge in [-0.25, -0.2) is 4.79 Å². The zero-order valence-electron chi connectivity index (χ0n) is 19.7. The maximum atomic E-state index is 13.1. The maximum absolute atomic E-state index is 13.1. The van der Waals surface area contributed by atoms with E-state index in [2.05, 4.69) is 28.6 Å². The Kier molecular flexibility index (Phi) is 13.2. The largest absolute Gasteiger partial charge is 0.480 e. The molecule has 0 saturated heterocycles. The number of benzene rings is 1. The lowest BCUT2D eigenvalue weighted by Crippen LogP contribution is -2.58. The lowest BCUT2D eigenvalue weighted by Gasteiger charge is -2.25. The highest BCUT2D eigenvalue weighted by Gasteiger charge is 2.30. The number of nitrogens with one attached hydrogen (secondary N) is 3. The summed E-state index contributed by atoms with van der Waals surface area (Å²) in [6.45, 7) is 3.82. The molecule has 190 valence electrons. The second-order valence-electron chi connectivity index (χ2n) is 8.45. The number of carboxylic acid groups (broad SMARTS) is 1. The molecule has 1 aromatic rings.